The van der Waals surface area contributed by atoms with Gasteiger partial charge in [-0.3, -0.25) is 0 Å². The van der Waals surface area contributed by atoms with Gasteiger partial charge in [0.25, 0.3) is 0 Å². The Morgan fingerprint density at radius 2 is 1.94 bits per heavy atom. The molecule has 2 rings (SSSR count). The van der Waals surface area contributed by atoms with E-state index in [0.717, 1.165) is 12.1 Å². The summed E-state index contributed by atoms with van der Waals surface area (Å²) in [5.41, 5.74) is 0.477. The third-order valence-electron chi connectivity index (χ3n) is 1.98. The average molecular weight is 248 g/mol. The molecule has 2 nitrogen and oxygen atoms in total. The minimum absolute atomic E-state index is 0.477. The van der Waals surface area contributed by atoms with Crippen molar-refractivity contribution >= 4 is 11.8 Å². The topological polar surface area (TPSA) is 36.7 Å². The van der Waals surface area contributed by atoms with Crippen molar-refractivity contribution in [2.24, 2.45) is 0 Å². The molecule has 0 aliphatic carbocycles. The molecule has 0 unspecified atom stereocenters. The number of nitriles is 1. The number of nitrogens with zero attached hydrogens (tertiary/aromatic N) is 2. The number of halogens is 2. The molecule has 0 spiro atoms. The normalized spacial score (nSPS) is 9.94. The average Bonchev–Trinajstić information content (AvgIpc) is 2.34. The summed E-state index contributed by atoms with van der Waals surface area (Å²) in [6, 6.07) is 8.78. The Labute approximate surface area is 101 Å². The summed E-state index contributed by atoms with van der Waals surface area (Å²) in [5.74, 6) is -1.78. The van der Waals surface area contributed by atoms with Crippen LogP contribution < -0.4 is 0 Å². The molecule has 0 atom stereocenters. The van der Waals surface area contributed by atoms with Gasteiger partial charge in [0.2, 0.25) is 0 Å². The summed E-state index contributed by atoms with van der Waals surface area (Å²) >= 11 is 1.17. The molecular formula is C12H6F2N2S. The molecule has 0 saturated carbocycles. The zero-order valence-electron chi connectivity index (χ0n) is 8.52. The van der Waals surface area contributed by atoms with Crippen LogP contribution in [0.15, 0.2) is 46.5 Å². The highest BCUT2D eigenvalue weighted by atomic mass is 32.2. The molecule has 0 N–H and O–H groups in total. The van der Waals surface area contributed by atoms with E-state index in [-0.39, 0.29) is 0 Å². The largest absolute Gasteiger partial charge is 0.250 e. The van der Waals surface area contributed by atoms with Gasteiger partial charge in [-0.05, 0) is 30.3 Å². The van der Waals surface area contributed by atoms with Crippen LogP contribution in [-0.2, 0) is 0 Å². The van der Waals surface area contributed by atoms with Gasteiger partial charge in [0.05, 0.1) is 11.6 Å². The lowest BCUT2D eigenvalue weighted by Gasteiger charge is -2.01. The summed E-state index contributed by atoms with van der Waals surface area (Å²) in [6.07, 6.45) is 1.50. The van der Waals surface area contributed by atoms with Gasteiger partial charge in [-0.1, -0.05) is 11.8 Å². The molecule has 0 aliphatic heterocycles. The molecule has 1 aromatic carbocycles. The van der Waals surface area contributed by atoms with Crippen molar-refractivity contribution in [3.63, 3.8) is 0 Å². The fourth-order valence-corrected chi connectivity index (χ4v) is 2.04. The SMILES string of the molecule is N#Cc1ccnc(Sc2ccc(F)c(F)c2)c1. The van der Waals surface area contributed by atoms with E-state index in [2.05, 4.69) is 4.98 Å². The maximum atomic E-state index is 13.0. The van der Waals surface area contributed by atoms with Crippen molar-refractivity contribution < 1.29 is 8.78 Å². The molecule has 0 bridgehead atoms. The van der Waals surface area contributed by atoms with E-state index in [1.165, 1.54) is 24.0 Å². The predicted octanol–water partition coefficient (Wildman–Crippen LogP) is 3.38. The molecule has 0 amide bonds. The molecular weight excluding hydrogens is 242 g/mol. The molecule has 5 heteroatoms. The molecule has 0 fully saturated rings. The van der Waals surface area contributed by atoms with Crippen molar-refractivity contribution in [2.45, 2.75) is 9.92 Å². The minimum Gasteiger partial charge on any atom is -0.250 e. The van der Waals surface area contributed by atoms with E-state index in [0.29, 0.717) is 15.5 Å². The summed E-state index contributed by atoms with van der Waals surface area (Å²) in [6.45, 7) is 0. The van der Waals surface area contributed by atoms with Crippen molar-refractivity contribution in [1.29, 1.82) is 5.26 Å². The van der Waals surface area contributed by atoms with E-state index in [4.69, 9.17) is 5.26 Å². The molecule has 1 aromatic heterocycles. The first-order valence-corrected chi connectivity index (χ1v) is 5.50. The van der Waals surface area contributed by atoms with Gasteiger partial charge in [0.15, 0.2) is 11.6 Å². The van der Waals surface area contributed by atoms with Crippen LogP contribution in [0, 0.1) is 23.0 Å². The van der Waals surface area contributed by atoms with E-state index < -0.39 is 11.6 Å². The second-order valence-corrected chi connectivity index (χ2v) is 4.27. The van der Waals surface area contributed by atoms with Crippen LogP contribution in [0.2, 0.25) is 0 Å². The van der Waals surface area contributed by atoms with Gasteiger partial charge in [0, 0.05) is 11.1 Å². The van der Waals surface area contributed by atoms with Crippen molar-refractivity contribution in [3.05, 3.63) is 53.7 Å². The van der Waals surface area contributed by atoms with Crippen LogP contribution >= 0.6 is 11.8 Å². The van der Waals surface area contributed by atoms with E-state index in [1.54, 1.807) is 12.1 Å². The zero-order valence-corrected chi connectivity index (χ0v) is 9.34. The Kier molecular flexibility index (Phi) is 3.35. The van der Waals surface area contributed by atoms with Crippen LogP contribution in [0.5, 0.6) is 0 Å². The number of benzene rings is 1. The quantitative estimate of drug-likeness (QED) is 0.817. The molecule has 17 heavy (non-hydrogen) atoms. The van der Waals surface area contributed by atoms with Crippen LogP contribution in [0.1, 0.15) is 5.56 Å². The number of hydrogen-bond acceptors (Lipinski definition) is 3. The third kappa shape index (κ3) is 2.80. The Morgan fingerprint density at radius 3 is 2.65 bits per heavy atom. The molecule has 0 saturated heterocycles. The second-order valence-electron chi connectivity index (χ2n) is 3.17. The maximum absolute atomic E-state index is 13.0. The number of aromatic nitrogens is 1. The van der Waals surface area contributed by atoms with Gasteiger partial charge in [0.1, 0.15) is 5.03 Å². The molecule has 2 aromatic rings. The van der Waals surface area contributed by atoms with E-state index in [1.807, 2.05) is 6.07 Å². The lowest BCUT2D eigenvalue weighted by atomic mass is 10.3. The summed E-state index contributed by atoms with van der Waals surface area (Å²) in [5, 5.41) is 9.28. The number of pyridine rings is 1. The van der Waals surface area contributed by atoms with Crippen molar-refractivity contribution in [1.82, 2.24) is 4.98 Å². The van der Waals surface area contributed by atoms with Crippen molar-refractivity contribution in [3.8, 4) is 6.07 Å². The lowest BCUT2D eigenvalue weighted by Crippen LogP contribution is -1.85. The fraction of sp³-hybridized carbons (Fsp3) is 0. The van der Waals surface area contributed by atoms with Gasteiger partial charge in [-0.2, -0.15) is 5.26 Å². The van der Waals surface area contributed by atoms with Gasteiger partial charge < -0.3 is 0 Å². The molecule has 0 aliphatic rings. The summed E-state index contributed by atoms with van der Waals surface area (Å²) in [7, 11) is 0. The number of rotatable bonds is 2. The van der Waals surface area contributed by atoms with E-state index in [9.17, 15) is 8.78 Å². The predicted molar refractivity (Wildman–Crippen MR) is 59.4 cm³/mol. The zero-order chi connectivity index (χ0) is 12.3. The first kappa shape index (κ1) is 11.6. The van der Waals surface area contributed by atoms with E-state index >= 15 is 0 Å². The highest BCUT2D eigenvalue weighted by molar-refractivity contribution is 7.99. The smallest absolute Gasteiger partial charge is 0.159 e. The first-order valence-electron chi connectivity index (χ1n) is 4.68. The van der Waals surface area contributed by atoms with Crippen LogP contribution in [0.4, 0.5) is 8.78 Å². The Bertz CT molecular complexity index is 593. The van der Waals surface area contributed by atoms with Crippen LogP contribution in [0.3, 0.4) is 0 Å². The first-order chi connectivity index (χ1) is 8.19. The Balaban J connectivity index is 2.25. The Morgan fingerprint density at radius 1 is 1.12 bits per heavy atom. The number of hydrogen-bond donors (Lipinski definition) is 0. The van der Waals surface area contributed by atoms with Crippen LogP contribution in [-0.4, -0.2) is 4.98 Å². The molecule has 84 valence electrons. The Hall–Kier alpha value is -1.93. The highest BCUT2D eigenvalue weighted by Gasteiger charge is 2.05. The molecule has 0 radical (unpaired) electrons. The minimum atomic E-state index is -0.897. The summed E-state index contributed by atoms with van der Waals surface area (Å²) in [4.78, 5) is 4.56. The maximum Gasteiger partial charge on any atom is 0.159 e. The third-order valence-corrected chi connectivity index (χ3v) is 2.90. The van der Waals surface area contributed by atoms with Gasteiger partial charge >= 0.3 is 0 Å². The fourth-order valence-electron chi connectivity index (χ4n) is 1.20. The molecule has 1 heterocycles. The standard InChI is InChI=1S/C12H6F2N2S/c13-10-2-1-9(6-11(10)14)17-12-5-8(7-15)3-4-16-12/h1-6H. The summed E-state index contributed by atoms with van der Waals surface area (Å²) < 4.78 is 25.7. The van der Waals surface area contributed by atoms with Crippen LogP contribution in [0.25, 0.3) is 0 Å². The van der Waals surface area contributed by atoms with Gasteiger partial charge in [-0.25, -0.2) is 13.8 Å². The van der Waals surface area contributed by atoms with Crippen molar-refractivity contribution in [2.75, 3.05) is 0 Å². The highest BCUT2D eigenvalue weighted by Crippen LogP contribution is 2.27. The second kappa shape index (κ2) is 4.93. The lowest BCUT2D eigenvalue weighted by molar-refractivity contribution is 0.506. The van der Waals surface area contributed by atoms with Gasteiger partial charge in [-0.15, -0.1) is 0 Å². The monoisotopic (exact) mass is 248 g/mol.